The largest absolute Gasteiger partial charge is 0.330 e. The molecule has 17 heavy (non-hydrogen) atoms. The van der Waals surface area contributed by atoms with Crippen LogP contribution in [-0.2, 0) is 0 Å². The number of rotatable bonds is 2. The molecule has 1 aromatic rings. The predicted octanol–water partition coefficient (Wildman–Crippen LogP) is 3.44. The van der Waals surface area contributed by atoms with E-state index in [0.29, 0.717) is 12.0 Å². The molecule has 0 aromatic heterocycles. The van der Waals surface area contributed by atoms with Crippen molar-refractivity contribution in [1.29, 1.82) is 0 Å². The molecule has 94 valence electrons. The van der Waals surface area contributed by atoms with Crippen molar-refractivity contribution in [1.82, 2.24) is 4.90 Å². The number of hydrogen-bond acceptors (Lipinski definition) is 2. The summed E-state index contributed by atoms with van der Waals surface area (Å²) in [7, 11) is 2.17. The van der Waals surface area contributed by atoms with Crippen molar-refractivity contribution in [3.8, 4) is 0 Å². The number of benzene rings is 1. The molecule has 1 aromatic carbocycles. The van der Waals surface area contributed by atoms with E-state index in [9.17, 15) is 0 Å². The fraction of sp³-hybridized carbons (Fsp3) is 0.538. The highest BCUT2D eigenvalue weighted by Crippen LogP contribution is 2.36. The Bertz CT molecular complexity index is 397. The van der Waals surface area contributed by atoms with Gasteiger partial charge in [0.25, 0.3) is 0 Å². The van der Waals surface area contributed by atoms with Gasteiger partial charge in [0.05, 0.1) is 5.02 Å². The molecule has 2 unspecified atom stereocenters. The number of nitrogens with zero attached hydrogens (tertiary/aromatic N) is 1. The average Bonchev–Trinajstić information content (AvgIpc) is 2.32. The van der Waals surface area contributed by atoms with Gasteiger partial charge in [-0.05, 0) is 72.5 Å². The van der Waals surface area contributed by atoms with Crippen molar-refractivity contribution in [3.05, 3.63) is 33.3 Å². The highest BCUT2D eigenvalue weighted by Gasteiger charge is 2.29. The maximum absolute atomic E-state index is 6.18. The van der Waals surface area contributed by atoms with Crippen LogP contribution in [0.25, 0.3) is 0 Å². The minimum atomic E-state index is 0.402. The lowest BCUT2D eigenvalue weighted by Gasteiger charge is -2.39. The van der Waals surface area contributed by atoms with Gasteiger partial charge in [-0.1, -0.05) is 17.7 Å². The van der Waals surface area contributed by atoms with Crippen LogP contribution in [-0.4, -0.2) is 25.0 Å². The minimum Gasteiger partial charge on any atom is -0.330 e. The zero-order valence-corrected chi connectivity index (χ0v) is 12.3. The highest BCUT2D eigenvalue weighted by molar-refractivity contribution is 9.10. The lowest BCUT2D eigenvalue weighted by molar-refractivity contribution is 0.125. The van der Waals surface area contributed by atoms with Crippen molar-refractivity contribution in [2.45, 2.75) is 18.9 Å². The SMILES string of the molecule is CN1CCCC(CN)C1c1ccc(Br)c(Cl)c1. The Morgan fingerprint density at radius 1 is 1.53 bits per heavy atom. The van der Waals surface area contributed by atoms with Gasteiger partial charge in [-0.25, -0.2) is 0 Å². The third kappa shape index (κ3) is 2.84. The molecule has 1 aliphatic rings. The fourth-order valence-electron chi connectivity index (χ4n) is 2.73. The first kappa shape index (κ1) is 13.3. The molecule has 1 heterocycles. The van der Waals surface area contributed by atoms with E-state index >= 15 is 0 Å². The summed E-state index contributed by atoms with van der Waals surface area (Å²) in [6.07, 6.45) is 2.44. The summed E-state index contributed by atoms with van der Waals surface area (Å²) in [6.45, 7) is 1.87. The number of likely N-dealkylation sites (tertiary alicyclic amines) is 1. The monoisotopic (exact) mass is 316 g/mol. The van der Waals surface area contributed by atoms with E-state index in [4.69, 9.17) is 17.3 Å². The maximum Gasteiger partial charge on any atom is 0.0551 e. The van der Waals surface area contributed by atoms with Crippen LogP contribution in [0.15, 0.2) is 22.7 Å². The van der Waals surface area contributed by atoms with Crippen molar-refractivity contribution in [2.75, 3.05) is 20.1 Å². The van der Waals surface area contributed by atoms with Crippen LogP contribution in [0.4, 0.5) is 0 Å². The standard InChI is InChI=1S/C13H18BrClN2/c1-17-6-2-3-10(8-16)13(17)9-4-5-11(14)12(15)7-9/h4-5,7,10,13H,2-3,6,8,16H2,1H3. The van der Waals surface area contributed by atoms with Gasteiger partial charge in [0.2, 0.25) is 0 Å². The Morgan fingerprint density at radius 3 is 2.94 bits per heavy atom. The summed E-state index contributed by atoms with van der Waals surface area (Å²) in [5.41, 5.74) is 7.17. The van der Waals surface area contributed by atoms with Crippen molar-refractivity contribution in [2.24, 2.45) is 11.7 Å². The van der Waals surface area contributed by atoms with Crippen molar-refractivity contribution < 1.29 is 0 Å². The molecule has 0 aliphatic carbocycles. The van der Waals surface area contributed by atoms with Gasteiger partial charge in [0.15, 0.2) is 0 Å². The molecule has 1 aliphatic heterocycles. The topological polar surface area (TPSA) is 29.3 Å². The molecule has 0 saturated carbocycles. The second-order valence-corrected chi connectivity index (χ2v) is 6.00. The van der Waals surface area contributed by atoms with Gasteiger partial charge in [0.1, 0.15) is 0 Å². The van der Waals surface area contributed by atoms with E-state index in [1.165, 1.54) is 18.4 Å². The molecule has 2 atom stereocenters. The van der Waals surface area contributed by atoms with Gasteiger partial charge in [0, 0.05) is 10.5 Å². The Kier molecular flexibility index (Phi) is 4.47. The smallest absolute Gasteiger partial charge is 0.0551 e. The summed E-state index contributed by atoms with van der Waals surface area (Å²) in [5.74, 6) is 0.533. The Balaban J connectivity index is 2.31. The van der Waals surface area contributed by atoms with Crippen LogP contribution in [0.1, 0.15) is 24.4 Å². The minimum absolute atomic E-state index is 0.402. The average molecular weight is 318 g/mol. The number of halogens is 2. The van der Waals surface area contributed by atoms with Crippen molar-refractivity contribution in [3.63, 3.8) is 0 Å². The zero-order valence-electron chi connectivity index (χ0n) is 10.00. The van der Waals surface area contributed by atoms with Crippen LogP contribution in [0.3, 0.4) is 0 Å². The quantitative estimate of drug-likeness (QED) is 0.905. The molecule has 0 radical (unpaired) electrons. The maximum atomic E-state index is 6.18. The van der Waals surface area contributed by atoms with Gasteiger partial charge in [-0.3, -0.25) is 4.90 Å². The summed E-state index contributed by atoms with van der Waals surface area (Å²) in [5, 5.41) is 0.775. The van der Waals surface area contributed by atoms with Gasteiger partial charge < -0.3 is 5.73 Å². The van der Waals surface area contributed by atoms with E-state index in [1.807, 2.05) is 6.07 Å². The van der Waals surface area contributed by atoms with Gasteiger partial charge >= 0.3 is 0 Å². The highest BCUT2D eigenvalue weighted by atomic mass is 79.9. The fourth-order valence-corrected chi connectivity index (χ4v) is 3.17. The number of hydrogen-bond donors (Lipinski definition) is 1. The Hall–Kier alpha value is -0.0900. The third-order valence-electron chi connectivity index (χ3n) is 3.60. The molecule has 4 heteroatoms. The molecular weight excluding hydrogens is 300 g/mol. The molecule has 0 amide bonds. The zero-order chi connectivity index (χ0) is 12.4. The van der Waals surface area contributed by atoms with Crippen molar-refractivity contribution >= 4 is 27.5 Å². The van der Waals surface area contributed by atoms with Crippen LogP contribution in [0.2, 0.25) is 5.02 Å². The Morgan fingerprint density at radius 2 is 2.29 bits per heavy atom. The van der Waals surface area contributed by atoms with E-state index in [2.05, 4.69) is 40.0 Å². The number of piperidine rings is 1. The lowest BCUT2D eigenvalue weighted by Crippen LogP contribution is -2.39. The first-order chi connectivity index (χ1) is 8.13. The molecule has 1 fully saturated rings. The van der Waals surface area contributed by atoms with E-state index < -0.39 is 0 Å². The van der Waals surface area contributed by atoms with E-state index in [0.717, 1.165) is 22.6 Å². The van der Waals surface area contributed by atoms with Crippen LogP contribution in [0.5, 0.6) is 0 Å². The van der Waals surface area contributed by atoms with Crippen LogP contribution >= 0.6 is 27.5 Å². The molecule has 2 nitrogen and oxygen atoms in total. The molecule has 0 spiro atoms. The van der Waals surface area contributed by atoms with Gasteiger partial charge in [-0.2, -0.15) is 0 Å². The summed E-state index contributed by atoms with van der Waals surface area (Å²) in [4.78, 5) is 2.39. The van der Waals surface area contributed by atoms with Crippen LogP contribution in [0, 0.1) is 5.92 Å². The summed E-state index contributed by atoms with van der Waals surface area (Å²) < 4.78 is 0.950. The number of nitrogens with two attached hydrogens (primary N) is 1. The summed E-state index contributed by atoms with van der Waals surface area (Å²) >= 11 is 9.61. The molecule has 1 saturated heterocycles. The first-order valence-electron chi connectivity index (χ1n) is 5.98. The van der Waals surface area contributed by atoms with E-state index in [1.54, 1.807) is 0 Å². The second-order valence-electron chi connectivity index (χ2n) is 4.74. The normalized spacial score (nSPS) is 26.1. The van der Waals surface area contributed by atoms with Gasteiger partial charge in [-0.15, -0.1) is 0 Å². The Labute approximate surface area is 116 Å². The second kappa shape index (κ2) is 5.70. The molecule has 2 N–H and O–H groups in total. The molecular formula is C13H18BrClN2. The van der Waals surface area contributed by atoms with Crippen LogP contribution < -0.4 is 5.73 Å². The predicted molar refractivity (Wildman–Crippen MR) is 76.3 cm³/mol. The summed E-state index contributed by atoms with van der Waals surface area (Å²) in [6, 6.07) is 6.62. The molecule has 0 bridgehead atoms. The lowest BCUT2D eigenvalue weighted by atomic mass is 9.85. The van der Waals surface area contributed by atoms with E-state index in [-0.39, 0.29) is 0 Å². The molecule has 2 rings (SSSR count). The first-order valence-corrected chi connectivity index (χ1v) is 7.16. The third-order valence-corrected chi connectivity index (χ3v) is 4.83.